The zero-order valence-electron chi connectivity index (χ0n) is 21.1. The summed E-state index contributed by atoms with van der Waals surface area (Å²) in [5.41, 5.74) is -1.79. The number of hydrogen-bond donors (Lipinski definition) is 3. The van der Waals surface area contributed by atoms with E-state index in [0.29, 0.717) is 24.8 Å². The van der Waals surface area contributed by atoms with Gasteiger partial charge in [0, 0.05) is 39.3 Å². The molecule has 3 N–H and O–H groups in total. The highest BCUT2D eigenvalue weighted by molar-refractivity contribution is 6.12. The van der Waals surface area contributed by atoms with Gasteiger partial charge < -0.3 is 25.0 Å². The lowest BCUT2D eigenvalue weighted by Gasteiger charge is -2.36. The molecule has 39 heavy (non-hydrogen) atoms. The van der Waals surface area contributed by atoms with Gasteiger partial charge in [-0.1, -0.05) is 6.92 Å². The van der Waals surface area contributed by atoms with Gasteiger partial charge in [0.25, 0.3) is 11.8 Å². The number of ether oxygens (including phenoxy) is 1. The van der Waals surface area contributed by atoms with E-state index in [9.17, 15) is 35.9 Å². The molecule has 2 amide bonds. The smallest absolute Gasteiger partial charge is 0.376 e. The van der Waals surface area contributed by atoms with E-state index < -0.39 is 42.1 Å². The molecule has 1 aromatic rings. The first-order chi connectivity index (χ1) is 18.2. The van der Waals surface area contributed by atoms with Crippen molar-refractivity contribution in [3.8, 4) is 0 Å². The highest BCUT2D eigenvalue weighted by Crippen LogP contribution is 2.24. The largest absolute Gasteiger partial charge is 0.431 e. The maximum absolute atomic E-state index is 13.3. The Morgan fingerprint density at radius 3 is 2.36 bits per heavy atom. The van der Waals surface area contributed by atoms with Gasteiger partial charge in [-0.25, -0.2) is 4.98 Å². The average molecular weight is 569 g/mol. The summed E-state index contributed by atoms with van der Waals surface area (Å²) in [7, 11) is 0. The number of aliphatic hydroxyl groups excluding tert-OH is 1. The molecule has 16 heteroatoms. The van der Waals surface area contributed by atoms with E-state index in [4.69, 9.17) is 15.3 Å². The Morgan fingerprint density at radius 1 is 1.15 bits per heavy atom. The summed E-state index contributed by atoms with van der Waals surface area (Å²) in [4.78, 5) is 33.0. The van der Waals surface area contributed by atoms with Crippen LogP contribution in [0.4, 0.5) is 37.8 Å². The number of likely N-dealkylation sites (tertiary alicyclic amines) is 1. The predicted molar refractivity (Wildman–Crippen MR) is 127 cm³/mol. The number of carbonyl (C=O) groups excluding carboxylic acids is 2. The molecular formula is C23H30F6N6O4. The Kier molecular flexibility index (Phi) is 9.77. The fraction of sp³-hybridized carbons (Fsp3) is 0.652. The first-order valence-corrected chi connectivity index (χ1v) is 12.2. The van der Waals surface area contributed by atoms with Crippen molar-refractivity contribution in [2.45, 2.75) is 44.3 Å². The average Bonchev–Trinajstić information content (AvgIpc) is 2.87. The fourth-order valence-electron chi connectivity index (χ4n) is 4.35. The van der Waals surface area contributed by atoms with Crippen molar-refractivity contribution in [2.75, 3.05) is 56.2 Å². The molecule has 2 fully saturated rings. The molecule has 2 saturated heterocycles. The molecule has 3 unspecified atom stereocenters. The van der Waals surface area contributed by atoms with E-state index in [1.54, 1.807) is 9.80 Å². The zero-order chi connectivity index (χ0) is 29.0. The van der Waals surface area contributed by atoms with Crippen LogP contribution in [-0.2, 0) is 14.3 Å². The van der Waals surface area contributed by atoms with E-state index in [0.717, 1.165) is 17.7 Å². The molecule has 0 bridgehead atoms. The van der Waals surface area contributed by atoms with E-state index in [-0.39, 0.29) is 38.6 Å². The molecule has 218 valence electrons. The predicted octanol–water partition coefficient (Wildman–Crippen LogP) is 2.25. The first-order valence-electron chi connectivity index (χ1n) is 12.2. The number of rotatable bonds is 8. The van der Waals surface area contributed by atoms with Crippen molar-refractivity contribution in [2.24, 2.45) is 5.92 Å². The number of nitrogens with one attached hydrogen (secondary N) is 2. The minimum absolute atomic E-state index is 0.0426. The standard InChI is InChI=1S/C23H30F6N6O4/c1-14-3-2-6-33(12-14)13-39-17(18(30)22(24,25)26)20(37)32-15-4-5-16(31-11-15)34-7-9-35(10-8-34)21(38)19(36)23(27,28)29/h4-5,11,14,17,19,30,36H,2-3,6-10,12-13H2,1H3,(H,32,37). The van der Waals surface area contributed by atoms with Crippen LogP contribution >= 0.6 is 0 Å². The SMILES string of the molecule is CC1CCCN(COC(C(=N)C(F)(F)F)C(=O)Nc2ccc(N3CCN(C(=O)C(O)C(F)(F)F)CC3)nc2)C1. The Balaban J connectivity index is 1.58. The second-order valence-corrected chi connectivity index (χ2v) is 9.56. The van der Waals surface area contributed by atoms with Crippen LogP contribution in [0.5, 0.6) is 0 Å². The van der Waals surface area contributed by atoms with Gasteiger partial charge in [-0.15, -0.1) is 0 Å². The third-order valence-electron chi connectivity index (χ3n) is 6.45. The molecule has 2 aliphatic rings. The van der Waals surface area contributed by atoms with E-state index >= 15 is 0 Å². The number of anilines is 2. The first kappa shape index (κ1) is 30.6. The lowest BCUT2D eigenvalue weighted by Crippen LogP contribution is -2.54. The van der Waals surface area contributed by atoms with E-state index in [1.165, 1.54) is 18.3 Å². The van der Waals surface area contributed by atoms with Crippen molar-refractivity contribution in [1.82, 2.24) is 14.8 Å². The van der Waals surface area contributed by atoms with Crippen LogP contribution in [0.25, 0.3) is 0 Å². The maximum Gasteiger partial charge on any atom is 0.431 e. The number of halogens is 6. The molecule has 1 aromatic heterocycles. The van der Waals surface area contributed by atoms with Gasteiger partial charge in [-0.3, -0.25) is 19.9 Å². The molecule has 3 atom stereocenters. The molecule has 3 rings (SSSR count). The van der Waals surface area contributed by atoms with E-state index in [1.807, 2.05) is 6.92 Å². The molecule has 2 aliphatic heterocycles. The fourth-order valence-corrected chi connectivity index (χ4v) is 4.35. The number of aliphatic hydroxyl groups is 1. The lowest BCUT2D eigenvalue weighted by molar-refractivity contribution is -0.210. The number of pyridine rings is 1. The molecule has 0 aromatic carbocycles. The molecule has 0 radical (unpaired) electrons. The minimum atomic E-state index is -5.07. The maximum atomic E-state index is 13.3. The summed E-state index contributed by atoms with van der Waals surface area (Å²) in [5.74, 6) is -1.95. The lowest BCUT2D eigenvalue weighted by atomic mass is 10.0. The molecule has 0 saturated carbocycles. The second-order valence-electron chi connectivity index (χ2n) is 9.56. The van der Waals surface area contributed by atoms with Crippen molar-refractivity contribution in [3.05, 3.63) is 18.3 Å². The number of amides is 2. The molecule has 0 aliphatic carbocycles. The van der Waals surface area contributed by atoms with Crippen LogP contribution in [0.15, 0.2) is 18.3 Å². The van der Waals surface area contributed by atoms with Crippen LogP contribution in [0.1, 0.15) is 19.8 Å². The second kappa shape index (κ2) is 12.5. The summed E-state index contributed by atoms with van der Waals surface area (Å²) >= 11 is 0. The van der Waals surface area contributed by atoms with Gasteiger partial charge in [0.15, 0.2) is 11.8 Å². The van der Waals surface area contributed by atoms with Crippen molar-refractivity contribution >= 4 is 29.0 Å². The Labute approximate surface area is 220 Å². The van der Waals surface area contributed by atoms with Crippen LogP contribution in [0.2, 0.25) is 0 Å². The van der Waals surface area contributed by atoms with Gasteiger partial charge in [0.1, 0.15) is 12.5 Å². The summed E-state index contributed by atoms with van der Waals surface area (Å²) < 4.78 is 82.8. The van der Waals surface area contributed by atoms with E-state index in [2.05, 4.69) is 10.3 Å². The van der Waals surface area contributed by atoms with Crippen LogP contribution in [0.3, 0.4) is 0 Å². The summed E-state index contributed by atoms with van der Waals surface area (Å²) in [6.07, 6.45) is -12.4. The third kappa shape index (κ3) is 8.25. The molecule has 10 nitrogen and oxygen atoms in total. The normalized spacial score (nSPS) is 20.9. The number of hydrogen-bond acceptors (Lipinski definition) is 8. The van der Waals surface area contributed by atoms with Gasteiger partial charge in [-0.05, 0) is 30.9 Å². The Morgan fingerprint density at radius 2 is 1.82 bits per heavy atom. The van der Waals surface area contributed by atoms with Crippen LogP contribution in [0, 0.1) is 11.3 Å². The summed E-state index contributed by atoms with van der Waals surface area (Å²) in [6.45, 7) is 3.00. The topological polar surface area (TPSA) is 122 Å². The van der Waals surface area contributed by atoms with Crippen molar-refractivity contribution in [3.63, 3.8) is 0 Å². The molecule has 0 spiro atoms. The quantitative estimate of drug-likeness (QED) is 0.325. The van der Waals surface area contributed by atoms with Crippen LogP contribution in [-0.4, -0.2) is 108 Å². The molecular weight excluding hydrogens is 538 g/mol. The Bertz CT molecular complexity index is 1010. The number of aromatic nitrogens is 1. The van der Waals surface area contributed by atoms with Gasteiger partial charge in [-0.2, -0.15) is 26.3 Å². The molecule has 3 heterocycles. The zero-order valence-corrected chi connectivity index (χ0v) is 21.1. The number of piperazine rings is 1. The van der Waals surface area contributed by atoms with Gasteiger partial charge >= 0.3 is 12.4 Å². The highest BCUT2D eigenvalue weighted by Gasteiger charge is 2.46. The third-order valence-corrected chi connectivity index (χ3v) is 6.45. The number of alkyl halides is 6. The van der Waals surface area contributed by atoms with Crippen molar-refractivity contribution in [1.29, 1.82) is 5.41 Å². The number of piperidine rings is 1. The van der Waals surface area contributed by atoms with Crippen LogP contribution < -0.4 is 10.2 Å². The monoisotopic (exact) mass is 568 g/mol. The highest BCUT2D eigenvalue weighted by atomic mass is 19.4. The minimum Gasteiger partial charge on any atom is -0.376 e. The van der Waals surface area contributed by atoms with Gasteiger partial charge in [0.05, 0.1) is 11.9 Å². The van der Waals surface area contributed by atoms with Gasteiger partial charge in [0.2, 0.25) is 6.10 Å². The number of nitrogens with zero attached hydrogens (tertiary/aromatic N) is 4. The van der Waals surface area contributed by atoms with Crippen molar-refractivity contribution < 1.29 is 45.8 Å². The number of carbonyl (C=O) groups is 2. The summed E-state index contributed by atoms with van der Waals surface area (Å²) in [6, 6.07) is 2.81. The Hall–Kier alpha value is -2.98. The summed E-state index contributed by atoms with van der Waals surface area (Å²) in [5, 5.41) is 18.9.